The van der Waals surface area contributed by atoms with E-state index >= 15 is 0 Å². The summed E-state index contributed by atoms with van der Waals surface area (Å²) in [4.78, 5) is 11.7. The molecule has 0 radical (unpaired) electrons. The van der Waals surface area contributed by atoms with Crippen molar-refractivity contribution in [3.63, 3.8) is 0 Å². The Labute approximate surface area is 99.4 Å². The van der Waals surface area contributed by atoms with E-state index in [1.165, 1.54) is 0 Å². The van der Waals surface area contributed by atoms with Crippen molar-refractivity contribution >= 4 is 17.5 Å². The van der Waals surface area contributed by atoms with Crippen LogP contribution in [0.25, 0.3) is 0 Å². The Morgan fingerprint density at radius 1 is 1.50 bits per heavy atom. The summed E-state index contributed by atoms with van der Waals surface area (Å²) < 4.78 is 0. The summed E-state index contributed by atoms with van der Waals surface area (Å²) in [6.45, 7) is 0.678. The number of halogens is 1. The van der Waals surface area contributed by atoms with Crippen LogP contribution in [-0.2, 0) is 0 Å². The second-order valence-electron chi connectivity index (χ2n) is 4.35. The maximum Gasteiger partial charge on any atom is 0.251 e. The van der Waals surface area contributed by atoms with Crippen LogP contribution in [0.4, 0.5) is 0 Å². The number of amides is 1. The maximum absolute atomic E-state index is 11.7. The van der Waals surface area contributed by atoms with Crippen molar-refractivity contribution in [2.24, 2.45) is 5.41 Å². The highest BCUT2D eigenvalue weighted by molar-refractivity contribution is 6.30. The third-order valence-corrected chi connectivity index (χ3v) is 3.24. The van der Waals surface area contributed by atoms with Crippen LogP contribution in [0.2, 0.25) is 5.02 Å². The second kappa shape index (κ2) is 4.44. The molecule has 1 aliphatic carbocycles. The van der Waals surface area contributed by atoms with Gasteiger partial charge in [-0.05, 0) is 31.0 Å². The summed E-state index contributed by atoms with van der Waals surface area (Å²) in [5.41, 5.74) is 0.495. The largest absolute Gasteiger partial charge is 0.396 e. The SMILES string of the molecule is O=C(NCC1(CO)CC1)c1cccc(Cl)c1. The molecular weight excluding hydrogens is 226 g/mol. The molecule has 86 valence electrons. The van der Waals surface area contributed by atoms with Gasteiger partial charge in [0.1, 0.15) is 0 Å². The zero-order chi connectivity index (χ0) is 11.6. The lowest BCUT2D eigenvalue weighted by molar-refractivity contribution is 0.0935. The smallest absolute Gasteiger partial charge is 0.251 e. The predicted molar refractivity (Wildman–Crippen MR) is 62.5 cm³/mol. The van der Waals surface area contributed by atoms with Gasteiger partial charge in [0, 0.05) is 22.5 Å². The van der Waals surface area contributed by atoms with Crippen LogP contribution in [0, 0.1) is 5.41 Å². The third kappa shape index (κ3) is 2.54. The molecule has 3 nitrogen and oxygen atoms in total. The maximum atomic E-state index is 11.7. The van der Waals surface area contributed by atoms with Gasteiger partial charge in [-0.15, -0.1) is 0 Å². The molecule has 1 amide bonds. The highest BCUT2D eigenvalue weighted by Crippen LogP contribution is 2.44. The van der Waals surface area contributed by atoms with E-state index in [9.17, 15) is 4.79 Å². The average Bonchev–Trinajstić information content (AvgIpc) is 3.07. The quantitative estimate of drug-likeness (QED) is 0.843. The number of benzene rings is 1. The number of carbonyl (C=O) groups excluding carboxylic acids is 1. The number of hydrogen-bond donors (Lipinski definition) is 2. The molecule has 1 saturated carbocycles. The first-order chi connectivity index (χ1) is 7.65. The topological polar surface area (TPSA) is 49.3 Å². The molecule has 0 atom stereocenters. The van der Waals surface area contributed by atoms with Crippen molar-refractivity contribution in [3.8, 4) is 0 Å². The Morgan fingerprint density at radius 2 is 2.25 bits per heavy atom. The van der Waals surface area contributed by atoms with Gasteiger partial charge in [-0.25, -0.2) is 0 Å². The fraction of sp³-hybridized carbons (Fsp3) is 0.417. The van der Waals surface area contributed by atoms with Crippen molar-refractivity contribution in [1.29, 1.82) is 0 Å². The Bertz CT molecular complexity index is 402. The Hall–Kier alpha value is -1.06. The molecule has 0 spiro atoms. The highest BCUT2D eigenvalue weighted by atomic mass is 35.5. The minimum absolute atomic E-state index is 0.0613. The van der Waals surface area contributed by atoms with Crippen molar-refractivity contribution in [2.75, 3.05) is 13.2 Å². The second-order valence-corrected chi connectivity index (χ2v) is 4.79. The van der Waals surface area contributed by atoms with Crippen LogP contribution >= 0.6 is 11.6 Å². The molecule has 0 heterocycles. The number of aliphatic hydroxyl groups excluding tert-OH is 1. The van der Waals surface area contributed by atoms with Crippen LogP contribution < -0.4 is 5.32 Å². The number of carbonyl (C=O) groups is 1. The van der Waals surface area contributed by atoms with Gasteiger partial charge in [0.05, 0.1) is 6.61 Å². The van der Waals surface area contributed by atoms with Gasteiger partial charge in [-0.3, -0.25) is 4.79 Å². The third-order valence-electron chi connectivity index (χ3n) is 3.00. The van der Waals surface area contributed by atoms with Crippen LogP contribution in [-0.4, -0.2) is 24.2 Å². The average molecular weight is 240 g/mol. The first kappa shape index (κ1) is 11.4. The number of nitrogens with one attached hydrogen (secondary N) is 1. The minimum Gasteiger partial charge on any atom is -0.396 e. The van der Waals surface area contributed by atoms with Crippen LogP contribution in [0.5, 0.6) is 0 Å². The van der Waals surface area contributed by atoms with E-state index in [1.54, 1.807) is 24.3 Å². The van der Waals surface area contributed by atoms with E-state index in [0.717, 1.165) is 12.8 Å². The fourth-order valence-corrected chi connectivity index (χ4v) is 1.76. The van der Waals surface area contributed by atoms with Crippen molar-refractivity contribution < 1.29 is 9.90 Å². The van der Waals surface area contributed by atoms with Crippen LogP contribution in [0.15, 0.2) is 24.3 Å². The molecule has 1 fully saturated rings. The van der Waals surface area contributed by atoms with Gasteiger partial charge < -0.3 is 10.4 Å². The molecule has 16 heavy (non-hydrogen) atoms. The number of rotatable bonds is 4. The van der Waals surface area contributed by atoms with Crippen molar-refractivity contribution in [3.05, 3.63) is 34.9 Å². The van der Waals surface area contributed by atoms with E-state index in [2.05, 4.69) is 5.32 Å². The zero-order valence-electron chi connectivity index (χ0n) is 8.87. The molecule has 0 saturated heterocycles. The fourth-order valence-electron chi connectivity index (χ4n) is 1.57. The molecule has 0 aromatic heterocycles. The lowest BCUT2D eigenvalue weighted by Crippen LogP contribution is -2.31. The van der Waals surface area contributed by atoms with Gasteiger partial charge >= 0.3 is 0 Å². The molecular formula is C12H14ClNO2. The van der Waals surface area contributed by atoms with E-state index in [1.807, 2.05) is 0 Å². The Balaban J connectivity index is 1.93. The summed E-state index contributed by atoms with van der Waals surface area (Å²) in [5.74, 6) is -0.137. The van der Waals surface area contributed by atoms with E-state index in [4.69, 9.17) is 16.7 Å². The molecule has 2 N–H and O–H groups in total. The molecule has 0 unspecified atom stereocenters. The van der Waals surface area contributed by atoms with Gasteiger partial charge in [0.2, 0.25) is 0 Å². The number of aliphatic hydroxyl groups is 1. The minimum atomic E-state index is -0.137. The van der Waals surface area contributed by atoms with E-state index in [-0.39, 0.29) is 17.9 Å². The van der Waals surface area contributed by atoms with E-state index < -0.39 is 0 Å². The van der Waals surface area contributed by atoms with Crippen molar-refractivity contribution in [2.45, 2.75) is 12.8 Å². The molecule has 2 rings (SSSR count). The van der Waals surface area contributed by atoms with Crippen LogP contribution in [0.1, 0.15) is 23.2 Å². The first-order valence-electron chi connectivity index (χ1n) is 5.30. The Morgan fingerprint density at radius 3 is 2.81 bits per heavy atom. The first-order valence-corrected chi connectivity index (χ1v) is 5.68. The molecule has 1 aliphatic rings. The van der Waals surface area contributed by atoms with E-state index in [0.29, 0.717) is 17.1 Å². The number of hydrogen-bond acceptors (Lipinski definition) is 2. The molecule has 0 aliphatic heterocycles. The molecule has 4 heteroatoms. The summed E-state index contributed by atoms with van der Waals surface area (Å²) >= 11 is 5.80. The van der Waals surface area contributed by atoms with Crippen molar-refractivity contribution in [1.82, 2.24) is 5.32 Å². The molecule has 1 aromatic carbocycles. The normalized spacial score (nSPS) is 16.9. The van der Waals surface area contributed by atoms with Crippen LogP contribution in [0.3, 0.4) is 0 Å². The Kier molecular flexibility index (Phi) is 3.17. The molecule has 1 aromatic rings. The summed E-state index contributed by atoms with van der Waals surface area (Å²) in [6.07, 6.45) is 1.97. The lowest BCUT2D eigenvalue weighted by Gasteiger charge is -2.12. The predicted octanol–water partition coefficient (Wildman–Crippen LogP) is 1.84. The molecule has 0 bridgehead atoms. The van der Waals surface area contributed by atoms with Gasteiger partial charge in [0.25, 0.3) is 5.91 Å². The summed E-state index contributed by atoms with van der Waals surface area (Å²) in [7, 11) is 0. The standard InChI is InChI=1S/C12H14ClNO2/c13-10-3-1-2-9(6-10)11(16)14-7-12(8-15)4-5-12/h1-3,6,15H,4-5,7-8H2,(H,14,16). The summed E-state index contributed by atoms with van der Waals surface area (Å²) in [5, 5.41) is 12.5. The zero-order valence-corrected chi connectivity index (χ0v) is 9.63. The van der Waals surface area contributed by atoms with Gasteiger partial charge in [-0.2, -0.15) is 0 Å². The lowest BCUT2D eigenvalue weighted by atomic mass is 10.1. The highest BCUT2D eigenvalue weighted by Gasteiger charge is 2.42. The van der Waals surface area contributed by atoms with Gasteiger partial charge in [-0.1, -0.05) is 17.7 Å². The summed E-state index contributed by atoms with van der Waals surface area (Å²) in [6, 6.07) is 6.83. The van der Waals surface area contributed by atoms with Gasteiger partial charge in [0.15, 0.2) is 0 Å². The monoisotopic (exact) mass is 239 g/mol.